The predicted octanol–water partition coefficient (Wildman–Crippen LogP) is 14.7. The minimum absolute atomic E-state index is 0.577. The van der Waals surface area contributed by atoms with Gasteiger partial charge in [-0.15, -0.1) is 0 Å². The molecule has 0 aliphatic heterocycles. The van der Waals surface area contributed by atoms with E-state index in [2.05, 4.69) is 231 Å². The molecule has 0 heterocycles. The summed E-state index contributed by atoms with van der Waals surface area (Å²) in [6.07, 6.45) is 0. The smallest absolute Gasteiger partial charge is 0.0781 e. The zero-order chi connectivity index (χ0) is 40.3. The summed E-state index contributed by atoms with van der Waals surface area (Å²) in [6, 6.07) is 83.2. The van der Waals surface area contributed by atoms with Crippen molar-refractivity contribution in [3.63, 3.8) is 0 Å². The highest BCUT2D eigenvalue weighted by Gasteiger charge is 2.52. The van der Waals surface area contributed by atoms with Crippen molar-refractivity contribution in [1.82, 2.24) is 0 Å². The van der Waals surface area contributed by atoms with Crippen LogP contribution in [0.25, 0.3) is 43.8 Å². The molecule has 0 saturated heterocycles. The minimum atomic E-state index is -0.577. The molecule has 284 valence electrons. The quantitative estimate of drug-likeness (QED) is 0.150. The minimum Gasteiger partial charge on any atom is -0.247 e. The number of aliphatic imine (C=N–C) groups is 2. The predicted molar refractivity (Wildman–Crippen MR) is 254 cm³/mol. The Balaban J connectivity index is 1.12. The van der Waals surface area contributed by atoms with Crippen molar-refractivity contribution >= 4 is 44.3 Å². The fourth-order valence-electron chi connectivity index (χ4n) is 10.1. The maximum Gasteiger partial charge on any atom is 0.0781 e. The molecule has 61 heavy (non-hydrogen) atoms. The summed E-state index contributed by atoms with van der Waals surface area (Å²) >= 11 is 0. The Hall–Kier alpha value is -7.94. The van der Waals surface area contributed by atoms with E-state index >= 15 is 0 Å². The molecule has 0 saturated carbocycles. The monoisotopic (exact) mass is 774 g/mol. The van der Waals surface area contributed by atoms with Gasteiger partial charge in [0.1, 0.15) is 0 Å². The van der Waals surface area contributed by atoms with E-state index in [0.717, 1.165) is 55.8 Å². The second kappa shape index (κ2) is 14.1. The first kappa shape index (κ1) is 35.0. The topological polar surface area (TPSA) is 24.7 Å². The Bertz CT molecular complexity index is 3170. The summed E-state index contributed by atoms with van der Waals surface area (Å²) in [5, 5.41) is 4.62. The van der Waals surface area contributed by atoms with E-state index in [1.54, 1.807) is 0 Å². The molecule has 0 aromatic heterocycles. The molecule has 10 aromatic rings. The van der Waals surface area contributed by atoms with Gasteiger partial charge in [0.2, 0.25) is 0 Å². The lowest BCUT2D eigenvalue weighted by Gasteiger charge is -2.31. The molecule has 0 amide bonds. The Morgan fingerprint density at radius 3 is 1.13 bits per heavy atom. The first-order valence-electron chi connectivity index (χ1n) is 21.0. The van der Waals surface area contributed by atoms with Gasteiger partial charge >= 0.3 is 0 Å². The highest BCUT2D eigenvalue weighted by atomic mass is 14.8. The van der Waals surface area contributed by atoms with Crippen LogP contribution in [0, 0.1) is 0 Å². The van der Waals surface area contributed by atoms with Gasteiger partial charge in [0.05, 0.1) is 28.2 Å². The van der Waals surface area contributed by atoms with Crippen LogP contribution >= 0.6 is 0 Å². The normalized spacial score (nSPS) is 15.1. The van der Waals surface area contributed by atoms with E-state index in [0.29, 0.717) is 0 Å². The number of hydrogen-bond donors (Lipinski definition) is 0. The Labute approximate surface area is 355 Å². The maximum atomic E-state index is 5.54. The molecule has 0 radical (unpaired) electrons. The first-order chi connectivity index (χ1) is 30.3. The third-order valence-corrected chi connectivity index (χ3v) is 12.7. The Morgan fingerprint density at radius 1 is 0.279 bits per heavy atom. The second-order valence-corrected chi connectivity index (χ2v) is 16.0. The summed E-state index contributed by atoms with van der Waals surface area (Å²) in [6.45, 7) is 0. The molecule has 1 spiro atoms. The van der Waals surface area contributed by atoms with Crippen LogP contribution in [-0.4, -0.2) is 11.4 Å². The standard InChI is InChI=1S/C59H38N2/c1-3-19-41(20-4-1)57(60-55-31-15-23-39-17-7-9-25-45(39)55)43-33-35-49-47-27-11-13-29-51(47)59(53(49)37-43)52-30-14-12-28-48(52)50-36-34-44(38-54(50)59)58(42-21-5-2-6-22-42)61-56-32-16-24-40-18-8-10-26-46(40)56/h1-38H. The van der Waals surface area contributed by atoms with Crippen LogP contribution in [0.4, 0.5) is 11.4 Å². The highest BCUT2D eigenvalue weighted by molar-refractivity contribution is 6.17. The lowest BCUT2D eigenvalue weighted by atomic mass is 9.70. The molecule has 0 fully saturated rings. The van der Waals surface area contributed by atoms with Gasteiger partial charge in [0, 0.05) is 33.0 Å². The van der Waals surface area contributed by atoms with Gasteiger partial charge in [-0.2, -0.15) is 0 Å². The van der Waals surface area contributed by atoms with Crippen LogP contribution < -0.4 is 0 Å². The van der Waals surface area contributed by atoms with Crippen LogP contribution in [0.1, 0.15) is 44.5 Å². The summed E-state index contributed by atoms with van der Waals surface area (Å²) in [5.41, 5.74) is 17.7. The van der Waals surface area contributed by atoms with Crippen LogP contribution in [0.5, 0.6) is 0 Å². The molecule has 2 aliphatic rings. The zero-order valence-corrected chi connectivity index (χ0v) is 33.3. The van der Waals surface area contributed by atoms with Crippen molar-refractivity contribution in [3.05, 3.63) is 275 Å². The third kappa shape index (κ3) is 5.50. The Kier molecular flexibility index (Phi) is 8.11. The van der Waals surface area contributed by atoms with Crippen LogP contribution in [0.15, 0.2) is 241 Å². The molecule has 10 aromatic carbocycles. The molecule has 0 unspecified atom stereocenters. The molecule has 2 heteroatoms. The Morgan fingerprint density at radius 2 is 0.656 bits per heavy atom. The van der Waals surface area contributed by atoms with Gasteiger partial charge in [-0.25, -0.2) is 9.98 Å². The molecular formula is C59H38N2. The average molecular weight is 775 g/mol. The van der Waals surface area contributed by atoms with E-state index < -0.39 is 5.41 Å². The summed E-state index contributed by atoms with van der Waals surface area (Å²) in [7, 11) is 0. The molecule has 0 atom stereocenters. The van der Waals surface area contributed by atoms with E-state index in [1.807, 2.05) is 0 Å². The summed E-state index contributed by atoms with van der Waals surface area (Å²) in [4.78, 5) is 11.1. The van der Waals surface area contributed by atoms with Crippen LogP contribution in [-0.2, 0) is 5.41 Å². The molecule has 2 aliphatic carbocycles. The fraction of sp³-hybridized carbons (Fsp3) is 0.0169. The summed E-state index contributed by atoms with van der Waals surface area (Å²) in [5.74, 6) is 0. The van der Waals surface area contributed by atoms with Crippen molar-refractivity contribution in [1.29, 1.82) is 0 Å². The van der Waals surface area contributed by atoms with Crippen molar-refractivity contribution in [2.24, 2.45) is 9.98 Å². The lowest BCUT2D eigenvalue weighted by Crippen LogP contribution is -2.26. The number of nitrogens with zero attached hydrogens (tertiary/aromatic N) is 2. The lowest BCUT2D eigenvalue weighted by molar-refractivity contribution is 0.793. The van der Waals surface area contributed by atoms with Crippen LogP contribution in [0.2, 0.25) is 0 Å². The number of benzene rings is 10. The van der Waals surface area contributed by atoms with Crippen molar-refractivity contribution in [3.8, 4) is 22.3 Å². The van der Waals surface area contributed by atoms with E-state index in [9.17, 15) is 0 Å². The fourth-order valence-corrected chi connectivity index (χ4v) is 10.1. The van der Waals surface area contributed by atoms with Gasteiger partial charge in [0.25, 0.3) is 0 Å². The van der Waals surface area contributed by atoms with Gasteiger partial charge in [-0.05, 0) is 79.5 Å². The van der Waals surface area contributed by atoms with E-state index in [4.69, 9.17) is 9.98 Å². The highest BCUT2D eigenvalue weighted by Crippen LogP contribution is 2.63. The molecule has 2 nitrogen and oxygen atoms in total. The van der Waals surface area contributed by atoms with Crippen LogP contribution in [0.3, 0.4) is 0 Å². The van der Waals surface area contributed by atoms with Gasteiger partial charge in [0.15, 0.2) is 0 Å². The second-order valence-electron chi connectivity index (χ2n) is 16.0. The largest absolute Gasteiger partial charge is 0.247 e. The van der Waals surface area contributed by atoms with Gasteiger partial charge in [-0.3, -0.25) is 0 Å². The maximum absolute atomic E-state index is 5.54. The number of rotatable bonds is 6. The SMILES string of the molecule is c1ccc(C(=Nc2cccc3ccccc23)c2ccc3c(c2)C2(c4ccccc4-3)c3ccccc3-c3ccc(C(=Nc4cccc5ccccc45)c4ccccc4)cc32)cc1. The number of hydrogen-bond acceptors (Lipinski definition) is 2. The van der Waals surface area contributed by atoms with Crippen molar-refractivity contribution in [2.45, 2.75) is 5.41 Å². The van der Waals surface area contributed by atoms with Crippen molar-refractivity contribution in [2.75, 3.05) is 0 Å². The van der Waals surface area contributed by atoms with Gasteiger partial charge in [-0.1, -0.05) is 206 Å². The molecule has 0 N–H and O–H groups in total. The first-order valence-corrected chi connectivity index (χ1v) is 21.0. The third-order valence-electron chi connectivity index (χ3n) is 12.7. The molecular weight excluding hydrogens is 737 g/mol. The zero-order valence-electron chi connectivity index (χ0n) is 33.3. The molecule has 0 bridgehead atoms. The molecule has 12 rings (SSSR count). The number of fused-ring (bicyclic) bond motifs is 12. The van der Waals surface area contributed by atoms with E-state index in [-0.39, 0.29) is 0 Å². The van der Waals surface area contributed by atoms with E-state index in [1.165, 1.54) is 55.3 Å². The van der Waals surface area contributed by atoms with Gasteiger partial charge < -0.3 is 0 Å². The summed E-state index contributed by atoms with van der Waals surface area (Å²) < 4.78 is 0. The average Bonchev–Trinajstić information content (AvgIpc) is 3.79. The van der Waals surface area contributed by atoms with Crippen molar-refractivity contribution < 1.29 is 0 Å².